The highest BCUT2D eigenvalue weighted by atomic mass is 16.6. The molecule has 1 aliphatic carbocycles. The third-order valence-electron chi connectivity index (χ3n) is 6.93. The van der Waals surface area contributed by atoms with E-state index in [0.717, 1.165) is 47.6 Å². The smallest absolute Gasteiger partial charge is 0.304 e. The number of hydrogen-bond acceptors (Lipinski definition) is 5. The molecule has 0 unspecified atom stereocenters. The summed E-state index contributed by atoms with van der Waals surface area (Å²) in [7, 11) is 0. The molecular weight excluding hydrogens is 458 g/mol. The summed E-state index contributed by atoms with van der Waals surface area (Å²) in [6.07, 6.45) is 5.57. The average Bonchev–Trinajstić information content (AvgIpc) is 2.90. The Morgan fingerprint density at radius 1 is 0.889 bits per heavy atom. The van der Waals surface area contributed by atoms with Crippen LogP contribution in [-0.2, 0) is 9.59 Å². The van der Waals surface area contributed by atoms with Gasteiger partial charge in [0.15, 0.2) is 18.1 Å². The molecule has 0 radical (unpaired) electrons. The van der Waals surface area contributed by atoms with Crippen LogP contribution in [0.4, 0.5) is 0 Å². The van der Waals surface area contributed by atoms with E-state index in [2.05, 4.69) is 5.32 Å². The van der Waals surface area contributed by atoms with Crippen LogP contribution >= 0.6 is 0 Å². The van der Waals surface area contributed by atoms with E-state index >= 15 is 0 Å². The van der Waals surface area contributed by atoms with Crippen molar-refractivity contribution in [3.63, 3.8) is 0 Å². The second kappa shape index (κ2) is 10.9. The highest BCUT2D eigenvalue weighted by Gasteiger charge is 2.22. The summed E-state index contributed by atoms with van der Waals surface area (Å²) in [5.74, 6) is 0.581. The fourth-order valence-electron chi connectivity index (χ4n) is 5.09. The Morgan fingerprint density at radius 2 is 1.61 bits per heavy atom. The Labute approximate surface area is 210 Å². The van der Waals surface area contributed by atoms with Gasteiger partial charge in [0.05, 0.1) is 6.42 Å². The predicted octanol–water partition coefficient (Wildman–Crippen LogP) is 5.05. The maximum absolute atomic E-state index is 12.3. The molecule has 0 spiro atoms. The topological polar surface area (TPSA) is 94.1 Å². The first-order chi connectivity index (χ1) is 17.5. The Bertz CT molecular complexity index is 1250. The van der Waals surface area contributed by atoms with E-state index in [-0.39, 0.29) is 30.9 Å². The van der Waals surface area contributed by atoms with Gasteiger partial charge in [0.1, 0.15) is 19.0 Å². The van der Waals surface area contributed by atoms with Crippen molar-refractivity contribution in [3.05, 3.63) is 65.7 Å². The Kier molecular flexibility index (Phi) is 7.26. The van der Waals surface area contributed by atoms with Gasteiger partial charge in [-0.15, -0.1) is 0 Å². The van der Waals surface area contributed by atoms with E-state index in [4.69, 9.17) is 14.2 Å². The summed E-state index contributed by atoms with van der Waals surface area (Å²) < 4.78 is 17.1. The van der Waals surface area contributed by atoms with Crippen molar-refractivity contribution >= 4 is 22.6 Å². The van der Waals surface area contributed by atoms with Crippen molar-refractivity contribution in [3.8, 4) is 17.2 Å². The van der Waals surface area contributed by atoms with Crippen LogP contribution < -0.4 is 19.5 Å². The number of rotatable bonds is 8. The van der Waals surface area contributed by atoms with Gasteiger partial charge in [-0.1, -0.05) is 49.6 Å². The van der Waals surface area contributed by atoms with Crippen molar-refractivity contribution < 1.29 is 28.9 Å². The lowest BCUT2D eigenvalue weighted by atomic mass is 9.87. The van der Waals surface area contributed by atoms with Crippen LogP contribution in [0.2, 0.25) is 0 Å². The molecule has 36 heavy (non-hydrogen) atoms. The monoisotopic (exact) mass is 489 g/mol. The van der Waals surface area contributed by atoms with E-state index in [0.29, 0.717) is 30.5 Å². The van der Waals surface area contributed by atoms with Crippen LogP contribution in [0.15, 0.2) is 54.6 Å². The van der Waals surface area contributed by atoms with Crippen molar-refractivity contribution in [1.29, 1.82) is 0 Å². The summed E-state index contributed by atoms with van der Waals surface area (Å²) >= 11 is 0. The highest BCUT2D eigenvalue weighted by Crippen LogP contribution is 2.37. The molecule has 1 amide bonds. The zero-order valence-corrected chi connectivity index (χ0v) is 20.2. The number of fused-ring (bicyclic) bond motifs is 2. The van der Waals surface area contributed by atoms with Crippen molar-refractivity contribution in [1.82, 2.24) is 5.32 Å². The molecule has 0 saturated heterocycles. The van der Waals surface area contributed by atoms with Crippen LogP contribution in [-0.4, -0.2) is 42.8 Å². The molecule has 1 aliphatic heterocycles. The summed E-state index contributed by atoms with van der Waals surface area (Å²) in [6, 6.07) is 17.5. The predicted molar refractivity (Wildman–Crippen MR) is 136 cm³/mol. The maximum Gasteiger partial charge on any atom is 0.304 e. The molecule has 1 fully saturated rings. The number of carbonyl (C=O) groups is 2. The van der Waals surface area contributed by atoms with Crippen LogP contribution in [0.1, 0.15) is 55.6 Å². The fourth-order valence-corrected chi connectivity index (χ4v) is 5.09. The molecule has 3 aromatic carbocycles. The molecule has 2 N–H and O–H groups in total. The van der Waals surface area contributed by atoms with Crippen LogP contribution in [0, 0.1) is 0 Å². The zero-order chi connectivity index (χ0) is 24.9. The second-order valence-electron chi connectivity index (χ2n) is 9.51. The van der Waals surface area contributed by atoms with Gasteiger partial charge < -0.3 is 24.6 Å². The number of amides is 1. The molecule has 7 nitrogen and oxygen atoms in total. The number of nitrogens with one attached hydrogen (secondary N) is 1. The SMILES string of the molecule is O=C(O)C[C@H](c1ccc2c(c1)OCCO2)c1ccc2ccc(OCC(=O)NC3CCCCC3)cc2c1. The minimum absolute atomic E-state index is 0.0272. The molecule has 5 rings (SSSR count). The van der Waals surface area contributed by atoms with Gasteiger partial charge in [-0.05, 0) is 59.0 Å². The number of carboxylic acids is 1. The lowest BCUT2D eigenvalue weighted by molar-refractivity contribution is -0.137. The average molecular weight is 490 g/mol. The van der Waals surface area contributed by atoms with Gasteiger partial charge in [0.2, 0.25) is 0 Å². The molecule has 7 heteroatoms. The van der Waals surface area contributed by atoms with Gasteiger partial charge in [-0.2, -0.15) is 0 Å². The first kappa shape index (κ1) is 24.0. The van der Waals surface area contributed by atoms with E-state index in [1.807, 2.05) is 54.6 Å². The number of carboxylic acid groups (broad SMARTS) is 1. The van der Waals surface area contributed by atoms with Crippen LogP contribution in [0.5, 0.6) is 17.2 Å². The minimum Gasteiger partial charge on any atom is -0.486 e. The number of ether oxygens (including phenoxy) is 3. The molecule has 0 aromatic heterocycles. The highest BCUT2D eigenvalue weighted by molar-refractivity contribution is 5.85. The van der Waals surface area contributed by atoms with Gasteiger partial charge in [0.25, 0.3) is 5.91 Å². The molecule has 2 aliphatic rings. The number of hydrogen-bond donors (Lipinski definition) is 2. The second-order valence-corrected chi connectivity index (χ2v) is 9.51. The standard InChI is InChI=1S/C29H31NO6/c31-28(30-23-4-2-1-3-5-23)18-36-24-10-8-19-6-7-20(14-22(19)15-24)25(17-29(32)33)21-9-11-26-27(16-21)35-13-12-34-26/h6-11,14-16,23,25H,1-5,12-13,17-18H2,(H,30,31)(H,32,33)/t25-/m0/s1. The zero-order valence-electron chi connectivity index (χ0n) is 20.2. The van der Waals surface area contributed by atoms with E-state index < -0.39 is 5.97 Å². The fraction of sp³-hybridized carbons (Fsp3) is 0.379. The lowest BCUT2D eigenvalue weighted by Crippen LogP contribution is -2.38. The van der Waals surface area contributed by atoms with E-state index in [1.54, 1.807) is 0 Å². The van der Waals surface area contributed by atoms with Crippen molar-refractivity contribution in [2.75, 3.05) is 19.8 Å². The Hall–Kier alpha value is -3.74. The summed E-state index contributed by atoms with van der Waals surface area (Å²) in [4.78, 5) is 24.1. The van der Waals surface area contributed by atoms with E-state index in [9.17, 15) is 14.7 Å². The molecule has 1 saturated carbocycles. The summed E-state index contributed by atoms with van der Waals surface area (Å²) in [6.45, 7) is 0.945. The Morgan fingerprint density at radius 3 is 2.42 bits per heavy atom. The van der Waals surface area contributed by atoms with Crippen molar-refractivity contribution in [2.45, 2.75) is 50.5 Å². The molecular formula is C29H31NO6. The van der Waals surface area contributed by atoms with Gasteiger partial charge >= 0.3 is 5.97 Å². The van der Waals surface area contributed by atoms with Gasteiger partial charge in [0, 0.05) is 12.0 Å². The van der Waals surface area contributed by atoms with E-state index in [1.165, 1.54) is 6.42 Å². The summed E-state index contributed by atoms with van der Waals surface area (Å²) in [5.41, 5.74) is 1.74. The molecule has 1 atom stereocenters. The number of benzene rings is 3. The molecule has 0 bridgehead atoms. The maximum atomic E-state index is 12.3. The van der Waals surface area contributed by atoms with Crippen LogP contribution in [0.3, 0.4) is 0 Å². The lowest BCUT2D eigenvalue weighted by Gasteiger charge is -2.22. The largest absolute Gasteiger partial charge is 0.486 e. The number of carbonyl (C=O) groups excluding carboxylic acids is 1. The first-order valence-corrected chi connectivity index (χ1v) is 12.6. The van der Waals surface area contributed by atoms with Crippen molar-refractivity contribution in [2.24, 2.45) is 0 Å². The Balaban J connectivity index is 1.34. The third-order valence-corrected chi connectivity index (χ3v) is 6.93. The molecule has 188 valence electrons. The normalized spacial score (nSPS) is 16.3. The minimum atomic E-state index is -0.879. The summed E-state index contributed by atoms with van der Waals surface area (Å²) in [5, 5.41) is 14.6. The quantitative estimate of drug-likeness (QED) is 0.460. The van der Waals surface area contributed by atoms with Gasteiger partial charge in [-0.3, -0.25) is 9.59 Å². The molecule has 3 aromatic rings. The van der Waals surface area contributed by atoms with Crippen LogP contribution in [0.25, 0.3) is 10.8 Å². The number of aliphatic carboxylic acids is 1. The van der Waals surface area contributed by atoms with Gasteiger partial charge in [-0.25, -0.2) is 0 Å². The first-order valence-electron chi connectivity index (χ1n) is 12.6. The third kappa shape index (κ3) is 5.73. The molecule has 1 heterocycles.